The molecule has 0 aliphatic carbocycles. The number of pyridine rings is 1. The van der Waals surface area contributed by atoms with E-state index < -0.39 is 0 Å². The lowest BCUT2D eigenvalue weighted by atomic mass is 9.93. The Balaban J connectivity index is 1.44. The summed E-state index contributed by atoms with van der Waals surface area (Å²) in [6.07, 6.45) is 8.72. The molecule has 0 aromatic carbocycles. The van der Waals surface area contributed by atoms with Crippen LogP contribution in [0, 0.1) is 0 Å². The molecule has 0 saturated carbocycles. The molecular weight excluding hydrogens is 508 g/mol. The van der Waals surface area contributed by atoms with Gasteiger partial charge in [-0.05, 0) is 52.7 Å². The van der Waals surface area contributed by atoms with E-state index in [4.69, 9.17) is 10.5 Å². The average Bonchev–Trinajstić information content (AvgIpc) is 3.59. The topological polar surface area (TPSA) is 133 Å². The highest BCUT2D eigenvalue weighted by atomic mass is 16.5. The molecule has 1 amide bonds. The Bertz CT molecular complexity index is 1530. The van der Waals surface area contributed by atoms with Crippen molar-refractivity contribution < 1.29 is 9.53 Å². The number of aromatic nitrogens is 7. The van der Waals surface area contributed by atoms with Crippen LogP contribution in [0.2, 0.25) is 0 Å². The monoisotopic (exact) mass is 544 g/mol. The number of carbonyl (C=O) groups is 1. The summed E-state index contributed by atoms with van der Waals surface area (Å²) in [5.41, 5.74) is 11.6. The number of hydrogen-bond acceptors (Lipinski definition) is 9. The van der Waals surface area contributed by atoms with E-state index in [0.29, 0.717) is 24.5 Å². The third-order valence-corrected chi connectivity index (χ3v) is 8.80. The van der Waals surface area contributed by atoms with E-state index in [2.05, 4.69) is 70.1 Å². The fraction of sp³-hybridized carbons (Fsp3) is 0.500. The molecule has 12 heteroatoms. The van der Waals surface area contributed by atoms with Crippen molar-refractivity contribution in [3.05, 3.63) is 37.1 Å². The highest BCUT2D eigenvalue weighted by Crippen LogP contribution is 2.38. The summed E-state index contributed by atoms with van der Waals surface area (Å²) in [5.74, 6) is 0.481. The van der Waals surface area contributed by atoms with Crippen molar-refractivity contribution in [2.45, 2.75) is 77.7 Å². The second-order valence-electron chi connectivity index (χ2n) is 11.0. The van der Waals surface area contributed by atoms with Gasteiger partial charge in [0.15, 0.2) is 5.82 Å². The lowest BCUT2D eigenvalue weighted by molar-refractivity contribution is -0.135. The third kappa shape index (κ3) is 4.17. The molecule has 2 aliphatic heterocycles. The quantitative estimate of drug-likeness (QED) is 0.411. The van der Waals surface area contributed by atoms with Crippen LogP contribution in [-0.4, -0.2) is 82.8 Å². The van der Waals surface area contributed by atoms with Crippen LogP contribution in [-0.2, 0) is 9.53 Å². The van der Waals surface area contributed by atoms with Crippen molar-refractivity contribution in [1.29, 1.82) is 0 Å². The summed E-state index contributed by atoms with van der Waals surface area (Å²) in [6, 6.07) is 4.72. The van der Waals surface area contributed by atoms with E-state index in [1.807, 2.05) is 26.5 Å². The van der Waals surface area contributed by atoms with Gasteiger partial charge in [-0.1, -0.05) is 5.21 Å². The van der Waals surface area contributed by atoms with Gasteiger partial charge in [0, 0.05) is 61.6 Å². The summed E-state index contributed by atoms with van der Waals surface area (Å²) >= 11 is 0. The van der Waals surface area contributed by atoms with Crippen LogP contribution >= 0.6 is 0 Å². The van der Waals surface area contributed by atoms with E-state index in [1.165, 1.54) is 6.33 Å². The lowest BCUT2D eigenvalue weighted by Crippen LogP contribution is -2.66. The molecule has 210 valence electrons. The minimum atomic E-state index is 0.0543. The van der Waals surface area contributed by atoms with Gasteiger partial charge in [0.05, 0.1) is 35.5 Å². The number of rotatable bonds is 4. The largest absolute Gasteiger partial charge is 0.382 e. The highest BCUT2D eigenvalue weighted by Gasteiger charge is 2.41. The second-order valence-corrected chi connectivity index (χ2v) is 11.0. The SMILES string of the molecule is CC(=O)N1C(C)C(C)N(c2cncc(-c3cc(-c4cnnn4C4CCOCC4)c4c(N)ncnn34)c2)C(C)C1C. The molecule has 2 saturated heterocycles. The molecule has 4 aromatic heterocycles. The number of carbonyl (C=O) groups excluding carboxylic acids is 1. The van der Waals surface area contributed by atoms with Gasteiger partial charge in [-0.15, -0.1) is 5.10 Å². The zero-order valence-electron chi connectivity index (χ0n) is 23.6. The van der Waals surface area contributed by atoms with Gasteiger partial charge in [-0.3, -0.25) is 9.78 Å². The van der Waals surface area contributed by atoms with Crippen molar-refractivity contribution in [2.24, 2.45) is 0 Å². The zero-order valence-corrected chi connectivity index (χ0v) is 23.6. The minimum absolute atomic E-state index is 0.0543. The van der Waals surface area contributed by atoms with E-state index in [1.54, 1.807) is 13.1 Å². The maximum absolute atomic E-state index is 12.4. The Morgan fingerprint density at radius 2 is 1.70 bits per heavy atom. The van der Waals surface area contributed by atoms with Crippen LogP contribution in [0.4, 0.5) is 11.5 Å². The number of nitrogen functional groups attached to an aromatic ring is 1. The van der Waals surface area contributed by atoms with Crippen LogP contribution in [0.3, 0.4) is 0 Å². The average molecular weight is 545 g/mol. The van der Waals surface area contributed by atoms with E-state index in [-0.39, 0.29) is 36.1 Å². The van der Waals surface area contributed by atoms with Crippen molar-refractivity contribution in [3.63, 3.8) is 0 Å². The second kappa shape index (κ2) is 10.2. The summed E-state index contributed by atoms with van der Waals surface area (Å²) in [5, 5.41) is 13.3. The first-order valence-electron chi connectivity index (χ1n) is 13.9. The minimum Gasteiger partial charge on any atom is -0.382 e. The van der Waals surface area contributed by atoms with E-state index in [0.717, 1.165) is 41.0 Å². The van der Waals surface area contributed by atoms with Gasteiger partial charge in [-0.2, -0.15) is 5.10 Å². The van der Waals surface area contributed by atoms with Crippen LogP contribution in [0.25, 0.3) is 28.0 Å². The molecule has 2 N–H and O–H groups in total. The molecule has 2 aliphatic rings. The number of amides is 1. The number of ether oxygens (including phenoxy) is 1. The Morgan fingerprint density at radius 3 is 2.40 bits per heavy atom. The normalized spacial score (nSPS) is 24.1. The molecule has 4 aromatic rings. The molecule has 6 rings (SSSR count). The summed E-state index contributed by atoms with van der Waals surface area (Å²) in [4.78, 5) is 25.7. The molecule has 0 spiro atoms. The molecular formula is C28H36N10O2. The van der Waals surface area contributed by atoms with Crippen molar-refractivity contribution >= 4 is 22.9 Å². The summed E-state index contributed by atoms with van der Waals surface area (Å²) < 4.78 is 9.37. The van der Waals surface area contributed by atoms with Gasteiger partial charge in [0.25, 0.3) is 0 Å². The number of fused-ring (bicyclic) bond motifs is 1. The number of nitrogens with two attached hydrogens (primary N) is 1. The van der Waals surface area contributed by atoms with Crippen molar-refractivity contribution in [2.75, 3.05) is 23.8 Å². The molecule has 12 nitrogen and oxygen atoms in total. The van der Waals surface area contributed by atoms with Crippen LogP contribution in [0.5, 0.6) is 0 Å². The van der Waals surface area contributed by atoms with E-state index in [9.17, 15) is 4.79 Å². The molecule has 4 atom stereocenters. The predicted molar refractivity (Wildman–Crippen MR) is 152 cm³/mol. The van der Waals surface area contributed by atoms with Gasteiger partial charge in [0.1, 0.15) is 11.8 Å². The maximum Gasteiger partial charge on any atom is 0.220 e. The van der Waals surface area contributed by atoms with Crippen molar-refractivity contribution in [1.82, 2.24) is 39.5 Å². The molecule has 0 radical (unpaired) electrons. The zero-order chi connectivity index (χ0) is 28.1. The lowest BCUT2D eigenvalue weighted by Gasteiger charge is -2.53. The van der Waals surface area contributed by atoms with Crippen LogP contribution in [0.15, 0.2) is 37.1 Å². The smallest absolute Gasteiger partial charge is 0.220 e. The molecule has 4 unspecified atom stereocenters. The van der Waals surface area contributed by atoms with Crippen molar-refractivity contribution in [3.8, 4) is 22.5 Å². The maximum atomic E-state index is 12.4. The number of piperazine rings is 1. The standard InChI is InChI=1S/C28H36N10O2/c1-16-18(3)36(19(4)17(2)35(16)20(5)39)23-10-21(12-30-13-23)25-11-24(27-28(29)31-15-33-38(25)27)26-14-32-34-37(26)22-6-8-40-9-7-22/h10-19,22H,6-9H2,1-5H3,(H2,29,31,33). The van der Waals surface area contributed by atoms with Gasteiger partial charge in [0.2, 0.25) is 5.91 Å². The Morgan fingerprint density at radius 1 is 0.975 bits per heavy atom. The highest BCUT2D eigenvalue weighted by molar-refractivity contribution is 5.91. The Kier molecular flexibility index (Phi) is 6.65. The van der Waals surface area contributed by atoms with Crippen LogP contribution < -0.4 is 10.6 Å². The fourth-order valence-corrected chi connectivity index (χ4v) is 6.53. The number of anilines is 2. The van der Waals surface area contributed by atoms with Gasteiger partial charge >= 0.3 is 0 Å². The van der Waals surface area contributed by atoms with Gasteiger partial charge < -0.3 is 20.3 Å². The molecule has 0 bridgehead atoms. The Hall–Kier alpha value is -4.06. The first-order chi connectivity index (χ1) is 19.3. The Labute approximate surface area is 233 Å². The fourth-order valence-electron chi connectivity index (χ4n) is 6.53. The number of hydrogen-bond donors (Lipinski definition) is 1. The van der Waals surface area contributed by atoms with Crippen LogP contribution in [0.1, 0.15) is 53.5 Å². The summed E-state index contributed by atoms with van der Waals surface area (Å²) in [7, 11) is 0. The third-order valence-electron chi connectivity index (χ3n) is 8.80. The molecule has 2 fully saturated rings. The van der Waals surface area contributed by atoms with Gasteiger partial charge in [-0.25, -0.2) is 14.2 Å². The first-order valence-corrected chi connectivity index (χ1v) is 13.9. The molecule has 40 heavy (non-hydrogen) atoms. The predicted octanol–water partition coefficient (Wildman–Crippen LogP) is 3.21. The summed E-state index contributed by atoms with van der Waals surface area (Å²) in [6.45, 7) is 11.6. The molecule has 6 heterocycles. The van der Waals surface area contributed by atoms with E-state index >= 15 is 0 Å². The number of nitrogens with zero attached hydrogens (tertiary/aromatic N) is 9. The first kappa shape index (κ1) is 26.2.